The lowest BCUT2D eigenvalue weighted by molar-refractivity contribution is -0.118. The van der Waals surface area contributed by atoms with Crippen molar-refractivity contribution < 1.29 is 4.79 Å². The highest BCUT2D eigenvalue weighted by molar-refractivity contribution is 5.73. The molecule has 0 atom stereocenters. The second-order valence-electron chi connectivity index (χ2n) is 2.27. The average Bonchev–Trinajstić information content (AvgIpc) is 2.15. The Balaban J connectivity index is 0. The van der Waals surface area contributed by atoms with E-state index in [-0.39, 0.29) is 5.91 Å². The Bertz CT molecular complexity index is 181. The van der Waals surface area contributed by atoms with Crippen LogP contribution in [0.15, 0.2) is 23.8 Å². The van der Waals surface area contributed by atoms with Gasteiger partial charge in [0.05, 0.1) is 0 Å². The fourth-order valence-corrected chi connectivity index (χ4v) is 0.698. The van der Waals surface area contributed by atoms with Gasteiger partial charge in [0.1, 0.15) is 0 Å². The summed E-state index contributed by atoms with van der Waals surface area (Å²) in [5.74, 6) is 0.00820. The molecule has 0 saturated heterocycles. The first-order valence-electron chi connectivity index (χ1n) is 4.73. The lowest BCUT2D eigenvalue weighted by atomic mass is 10.2. The third-order valence-corrected chi connectivity index (χ3v) is 1.29. The molecule has 0 aromatic carbocycles. The van der Waals surface area contributed by atoms with Gasteiger partial charge in [0.2, 0.25) is 5.91 Å². The van der Waals surface area contributed by atoms with E-state index in [0.717, 1.165) is 5.57 Å². The number of carbonyl (C=O) groups excluding carboxylic acids is 1. The van der Waals surface area contributed by atoms with Crippen LogP contribution in [0, 0.1) is 0 Å². The van der Waals surface area contributed by atoms with Crippen molar-refractivity contribution in [2.45, 2.75) is 34.6 Å². The summed E-state index contributed by atoms with van der Waals surface area (Å²) >= 11 is 0. The zero-order chi connectivity index (χ0) is 10.7. The van der Waals surface area contributed by atoms with Crippen LogP contribution in [0.4, 0.5) is 0 Å². The molecule has 0 aliphatic carbocycles. The van der Waals surface area contributed by atoms with E-state index in [9.17, 15) is 4.79 Å². The molecule has 0 aliphatic rings. The van der Waals surface area contributed by atoms with Crippen LogP contribution in [-0.4, -0.2) is 12.5 Å². The Kier molecular flexibility index (Phi) is 12.2. The van der Waals surface area contributed by atoms with E-state index in [2.05, 4.69) is 5.32 Å². The van der Waals surface area contributed by atoms with Crippen molar-refractivity contribution in [2.24, 2.45) is 0 Å². The number of allylic oxidation sites excluding steroid dienone is 2. The van der Waals surface area contributed by atoms with Gasteiger partial charge in [0, 0.05) is 13.5 Å². The summed E-state index contributed by atoms with van der Waals surface area (Å²) in [6.07, 6.45) is 5.92. The van der Waals surface area contributed by atoms with Crippen molar-refractivity contribution in [3.8, 4) is 0 Å². The topological polar surface area (TPSA) is 29.1 Å². The van der Waals surface area contributed by atoms with Crippen LogP contribution >= 0.6 is 0 Å². The second-order valence-corrected chi connectivity index (χ2v) is 2.27. The lowest BCUT2D eigenvalue weighted by Crippen LogP contribution is -2.21. The Morgan fingerprint density at radius 2 is 1.85 bits per heavy atom. The number of amides is 1. The molecule has 13 heavy (non-hydrogen) atoms. The molecule has 0 heterocycles. The highest BCUT2D eigenvalue weighted by Gasteiger charge is 1.91. The van der Waals surface area contributed by atoms with E-state index in [4.69, 9.17) is 0 Å². The van der Waals surface area contributed by atoms with Crippen molar-refractivity contribution in [3.05, 3.63) is 23.8 Å². The van der Waals surface area contributed by atoms with Gasteiger partial charge in [-0.15, -0.1) is 0 Å². The first-order valence-corrected chi connectivity index (χ1v) is 4.73. The van der Waals surface area contributed by atoms with Gasteiger partial charge in [-0.1, -0.05) is 32.1 Å². The largest absolute Gasteiger partial charge is 0.352 e. The maximum absolute atomic E-state index is 10.5. The molecule has 2 nitrogen and oxygen atoms in total. The van der Waals surface area contributed by atoms with Gasteiger partial charge in [-0.2, -0.15) is 0 Å². The van der Waals surface area contributed by atoms with Gasteiger partial charge in [-0.25, -0.2) is 0 Å². The molecule has 0 spiro atoms. The molecule has 0 fully saturated rings. The fourth-order valence-electron chi connectivity index (χ4n) is 0.698. The van der Waals surface area contributed by atoms with E-state index >= 15 is 0 Å². The Hall–Kier alpha value is -1.05. The van der Waals surface area contributed by atoms with Gasteiger partial charge >= 0.3 is 0 Å². The number of rotatable bonds is 3. The van der Waals surface area contributed by atoms with Crippen LogP contribution in [0.5, 0.6) is 0 Å². The molecule has 0 rings (SSSR count). The summed E-state index contributed by atoms with van der Waals surface area (Å²) in [7, 11) is 0. The molecular weight excluding hydrogens is 162 g/mol. The lowest BCUT2D eigenvalue weighted by Gasteiger charge is -2.01. The van der Waals surface area contributed by atoms with Crippen LogP contribution in [0.2, 0.25) is 0 Å². The molecule has 0 bridgehead atoms. The van der Waals surface area contributed by atoms with E-state index in [1.807, 2.05) is 45.9 Å². The summed E-state index contributed by atoms with van der Waals surface area (Å²) in [6, 6.07) is 0. The van der Waals surface area contributed by atoms with Crippen molar-refractivity contribution in [1.82, 2.24) is 5.32 Å². The van der Waals surface area contributed by atoms with E-state index in [0.29, 0.717) is 6.54 Å². The normalized spacial score (nSPS) is 10.7. The minimum Gasteiger partial charge on any atom is -0.352 e. The highest BCUT2D eigenvalue weighted by Crippen LogP contribution is 1.93. The molecule has 2 heteroatoms. The summed E-state index contributed by atoms with van der Waals surface area (Å²) in [5.41, 5.74) is 1.13. The maximum atomic E-state index is 10.5. The zero-order valence-corrected chi connectivity index (χ0v) is 9.35. The fraction of sp³-hybridized carbons (Fsp3) is 0.545. The van der Waals surface area contributed by atoms with Crippen molar-refractivity contribution in [1.29, 1.82) is 0 Å². The van der Waals surface area contributed by atoms with Crippen LogP contribution in [-0.2, 0) is 4.79 Å². The average molecular weight is 183 g/mol. The third kappa shape index (κ3) is 10.9. The Morgan fingerprint density at radius 1 is 1.31 bits per heavy atom. The SMILES string of the molecule is C/C=C\C(=C/C)CNC(C)=O.CC. The molecule has 0 aromatic heterocycles. The summed E-state index contributed by atoms with van der Waals surface area (Å²) in [6.45, 7) is 10.0. The number of hydrogen-bond acceptors (Lipinski definition) is 1. The molecule has 0 radical (unpaired) electrons. The molecular formula is C11H21NO. The van der Waals surface area contributed by atoms with Crippen LogP contribution in [0.3, 0.4) is 0 Å². The molecule has 1 amide bonds. The highest BCUT2D eigenvalue weighted by atomic mass is 16.1. The first kappa shape index (κ1) is 14.5. The maximum Gasteiger partial charge on any atom is 0.217 e. The van der Waals surface area contributed by atoms with Crippen LogP contribution in [0.25, 0.3) is 0 Å². The van der Waals surface area contributed by atoms with E-state index < -0.39 is 0 Å². The van der Waals surface area contributed by atoms with Gasteiger partial charge in [-0.3, -0.25) is 4.79 Å². The number of nitrogens with one attached hydrogen (secondary N) is 1. The molecule has 0 saturated carbocycles. The first-order chi connectivity index (χ1) is 6.20. The summed E-state index contributed by atoms with van der Waals surface area (Å²) < 4.78 is 0. The molecule has 76 valence electrons. The molecule has 0 unspecified atom stereocenters. The summed E-state index contributed by atoms with van der Waals surface area (Å²) in [4.78, 5) is 10.5. The van der Waals surface area contributed by atoms with Crippen molar-refractivity contribution >= 4 is 5.91 Å². The molecule has 0 aromatic rings. The van der Waals surface area contributed by atoms with Crippen molar-refractivity contribution in [3.63, 3.8) is 0 Å². The molecule has 1 N–H and O–H groups in total. The predicted molar refractivity (Wildman–Crippen MR) is 58.6 cm³/mol. The van der Waals surface area contributed by atoms with Gasteiger partial charge < -0.3 is 5.32 Å². The Morgan fingerprint density at radius 3 is 2.15 bits per heavy atom. The van der Waals surface area contributed by atoms with Crippen molar-refractivity contribution in [2.75, 3.05) is 6.54 Å². The molecule has 0 aliphatic heterocycles. The van der Waals surface area contributed by atoms with E-state index in [1.54, 1.807) is 0 Å². The van der Waals surface area contributed by atoms with E-state index in [1.165, 1.54) is 6.92 Å². The third-order valence-electron chi connectivity index (χ3n) is 1.29. The monoisotopic (exact) mass is 183 g/mol. The van der Waals surface area contributed by atoms with Gasteiger partial charge in [-0.05, 0) is 19.4 Å². The quantitative estimate of drug-likeness (QED) is 0.670. The van der Waals surface area contributed by atoms with Crippen LogP contribution < -0.4 is 5.32 Å². The zero-order valence-electron chi connectivity index (χ0n) is 9.35. The number of carbonyl (C=O) groups is 1. The van der Waals surface area contributed by atoms with Gasteiger partial charge in [0.25, 0.3) is 0 Å². The minimum atomic E-state index is 0.00820. The van der Waals surface area contributed by atoms with Gasteiger partial charge in [0.15, 0.2) is 0 Å². The predicted octanol–water partition coefficient (Wildman–Crippen LogP) is 2.67. The van der Waals surface area contributed by atoms with Crippen LogP contribution in [0.1, 0.15) is 34.6 Å². The standard InChI is InChI=1S/C9H15NO.C2H6/c1-4-6-9(5-2)7-10-8(3)11;1-2/h4-6H,7H2,1-3H3,(H,10,11);1-2H3/b6-4-,9-5+;. The second kappa shape index (κ2) is 11.0. The summed E-state index contributed by atoms with van der Waals surface area (Å²) in [5, 5.41) is 2.72. The minimum absolute atomic E-state index is 0.00820. The Labute approximate surface area is 81.7 Å². The smallest absolute Gasteiger partial charge is 0.217 e. The number of hydrogen-bond donors (Lipinski definition) is 1.